The Morgan fingerprint density at radius 2 is 1.51 bits per heavy atom. The van der Waals surface area contributed by atoms with Gasteiger partial charge in [0.2, 0.25) is 35.4 Å². The van der Waals surface area contributed by atoms with Crippen molar-refractivity contribution >= 4 is 47.3 Å². The number of pyridine rings is 1. The Hall–Kier alpha value is -5.33. The van der Waals surface area contributed by atoms with Crippen LogP contribution in [0, 0.1) is 23.7 Å². The number of cyclic esters (lactones) is 1. The van der Waals surface area contributed by atoms with Crippen LogP contribution in [0.15, 0.2) is 18.3 Å². The van der Waals surface area contributed by atoms with Gasteiger partial charge in [-0.3, -0.25) is 33.6 Å². The average molecular weight is 859 g/mol. The first-order valence-corrected chi connectivity index (χ1v) is 20.9. The topological polar surface area (TPSA) is 248 Å². The highest BCUT2D eigenvalue weighted by atomic mass is 16.5. The summed E-state index contributed by atoms with van der Waals surface area (Å²) >= 11 is 0. The molecule has 3 heterocycles. The van der Waals surface area contributed by atoms with Gasteiger partial charge in [0, 0.05) is 40.3 Å². The van der Waals surface area contributed by atoms with Gasteiger partial charge in [-0.25, -0.2) is 9.78 Å². The first-order chi connectivity index (χ1) is 28.4. The maximum absolute atomic E-state index is 14.4. The van der Waals surface area contributed by atoms with Crippen molar-refractivity contribution in [2.24, 2.45) is 23.7 Å². The van der Waals surface area contributed by atoms with Crippen LogP contribution in [0.1, 0.15) is 92.1 Å². The van der Waals surface area contributed by atoms with Crippen molar-refractivity contribution in [2.75, 3.05) is 34.2 Å². The second kappa shape index (κ2) is 21.5. The van der Waals surface area contributed by atoms with Crippen LogP contribution in [-0.4, -0.2) is 165 Å². The van der Waals surface area contributed by atoms with Gasteiger partial charge < -0.3 is 50.5 Å². The smallest absolute Gasteiger partial charge is 0.329 e. The summed E-state index contributed by atoms with van der Waals surface area (Å²) in [6, 6.07) is -5.15. The molecular weight excluding hydrogens is 793 g/mol. The van der Waals surface area contributed by atoms with E-state index in [1.807, 2.05) is 27.7 Å². The van der Waals surface area contributed by atoms with Crippen LogP contribution in [0.5, 0.6) is 5.75 Å². The van der Waals surface area contributed by atoms with Gasteiger partial charge in [0.25, 0.3) is 5.91 Å². The predicted octanol–water partition coefficient (Wildman–Crippen LogP) is 0.279. The van der Waals surface area contributed by atoms with E-state index in [0.717, 1.165) is 14.7 Å². The number of carbonyl (C=O) groups excluding carboxylic acids is 8. The number of nitrogens with zero attached hydrogens (tertiary/aromatic N) is 5. The molecule has 19 heteroatoms. The van der Waals surface area contributed by atoms with Crippen LogP contribution in [0.25, 0.3) is 0 Å². The number of likely N-dealkylation sites (N-methyl/N-ethyl adjacent to an activating group) is 3. The molecule has 19 nitrogen and oxygen atoms in total. The molecule has 1 unspecified atom stereocenters. The van der Waals surface area contributed by atoms with E-state index < -0.39 is 120 Å². The highest BCUT2D eigenvalue weighted by molar-refractivity contribution is 6.00. The number of aliphatic hydroxyl groups is 1. The van der Waals surface area contributed by atoms with Gasteiger partial charge in [-0.2, -0.15) is 0 Å². The van der Waals surface area contributed by atoms with E-state index in [1.54, 1.807) is 20.8 Å². The fourth-order valence-electron chi connectivity index (χ4n) is 7.57. The molecule has 1 aromatic heterocycles. The molecule has 0 bridgehead atoms. The summed E-state index contributed by atoms with van der Waals surface area (Å²) in [4.78, 5) is 121. The summed E-state index contributed by atoms with van der Waals surface area (Å²) in [5.74, 6) is -7.60. The normalized spacial score (nSPS) is 27.7. The summed E-state index contributed by atoms with van der Waals surface area (Å²) < 4.78 is 5.85. The number of rotatable bonds is 8. The number of hydrogen-bond acceptors (Lipinski definition) is 12. The molecule has 7 amide bonds. The summed E-state index contributed by atoms with van der Waals surface area (Å²) in [6.07, 6.45) is -1.33. The number of ether oxygens (including phenoxy) is 1. The largest absolute Gasteiger partial charge is 0.505 e. The van der Waals surface area contributed by atoms with E-state index in [9.17, 15) is 48.6 Å². The third-order valence-corrected chi connectivity index (χ3v) is 11.4. The maximum atomic E-state index is 14.4. The molecule has 61 heavy (non-hydrogen) atoms. The molecule has 3 rings (SSSR count). The van der Waals surface area contributed by atoms with Gasteiger partial charge >= 0.3 is 5.97 Å². The number of aromatic nitrogens is 1. The minimum absolute atomic E-state index is 0.0477. The number of aromatic hydroxyl groups is 1. The first-order valence-electron chi connectivity index (χ1n) is 20.9. The lowest BCUT2D eigenvalue weighted by molar-refractivity contribution is -0.161. The number of esters is 1. The highest BCUT2D eigenvalue weighted by Gasteiger charge is 2.45. The van der Waals surface area contributed by atoms with Crippen LogP contribution in [0.3, 0.4) is 0 Å². The molecule has 0 radical (unpaired) electrons. The van der Waals surface area contributed by atoms with Crippen molar-refractivity contribution in [3.8, 4) is 5.75 Å². The van der Waals surface area contributed by atoms with Crippen LogP contribution >= 0.6 is 0 Å². The minimum atomic E-state index is -1.70. The van der Waals surface area contributed by atoms with Gasteiger partial charge in [-0.15, -0.1) is 0 Å². The number of aliphatic hydroxyl groups excluding tert-OH is 1. The van der Waals surface area contributed by atoms with E-state index in [2.05, 4.69) is 20.9 Å². The molecule has 0 spiro atoms. The average Bonchev–Trinajstić information content (AvgIpc) is 3.57. The number of carbonyl (C=O) groups is 8. The van der Waals surface area contributed by atoms with Crippen molar-refractivity contribution in [3.05, 3.63) is 24.0 Å². The van der Waals surface area contributed by atoms with Gasteiger partial charge in [0.05, 0.1) is 12.6 Å². The number of nitrogens with one attached hydrogen (secondary N) is 3. The van der Waals surface area contributed by atoms with Crippen molar-refractivity contribution < 1.29 is 53.3 Å². The van der Waals surface area contributed by atoms with E-state index >= 15 is 0 Å². The lowest BCUT2D eigenvalue weighted by atomic mass is 9.88. The SMILES string of the molecule is CC(C)C[C@H]1NC(=O)[C@@H](NC(=O)c2ncccc2O)[C@@H](C)OC(=O)[C@H](CC(C)C)N(C)C(=O)[C@H](C)NC(=O)[C@H](C(C)C(C)C)N(C)C(=O)CN(C)C(=O)[C@H]2C[C@@H](O)CN2C1=O. The Morgan fingerprint density at radius 3 is 2.08 bits per heavy atom. The highest BCUT2D eigenvalue weighted by Crippen LogP contribution is 2.25. The summed E-state index contributed by atoms with van der Waals surface area (Å²) in [5, 5.41) is 29.0. The Morgan fingerprint density at radius 1 is 0.885 bits per heavy atom. The molecule has 2 aliphatic rings. The molecule has 9 atom stereocenters. The van der Waals surface area contributed by atoms with Crippen molar-refractivity contribution in [1.29, 1.82) is 0 Å². The Bertz CT molecular complexity index is 1790. The Labute approximate surface area is 358 Å². The lowest BCUT2D eigenvalue weighted by Crippen LogP contribution is -2.61. The second-order valence-corrected chi connectivity index (χ2v) is 17.6. The number of fused-ring (bicyclic) bond motifs is 1. The molecule has 0 saturated carbocycles. The maximum Gasteiger partial charge on any atom is 0.329 e. The second-order valence-electron chi connectivity index (χ2n) is 17.6. The van der Waals surface area contributed by atoms with Crippen molar-refractivity contribution in [2.45, 2.75) is 130 Å². The molecule has 0 aromatic carbocycles. The minimum Gasteiger partial charge on any atom is -0.505 e. The number of hydrogen-bond donors (Lipinski definition) is 5. The fraction of sp³-hybridized carbons (Fsp3) is 0.690. The monoisotopic (exact) mass is 858 g/mol. The van der Waals surface area contributed by atoms with Crippen LogP contribution in [0.4, 0.5) is 0 Å². The Balaban J connectivity index is 2.19. The predicted molar refractivity (Wildman–Crippen MR) is 222 cm³/mol. The fourth-order valence-corrected chi connectivity index (χ4v) is 7.57. The van der Waals surface area contributed by atoms with Crippen molar-refractivity contribution in [3.63, 3.8) is 0 Å². The Kier molecular flexibility index (Phi) is 17.6. The number of amides is 7. The zero-order chi connectivity index (χ0) is 46.2. The quantitative estimate of drug-likeness (QED) is 0.221. The van der Waals surface area contributed by atoms with Crippen LogP contribution in [0.2, 0.25) is 0 Å². The third kappa shape index (κ3) is 12.6. The molecule has 5 N–H and O–H groups in total. The molecular formula is C42H66N8O11. The first kappa shape index (κ1) is 50.0. The third-order valence-electron chi connectivity index (χ3n) is 11.4. The van der Waals surface area contributed by atoms with E-state index in [0.29, 0.717) is 0 Å². The summed E-state index contributed by atoms with van der Waals surface area (Å²) in [6.45, 7) is 14.8. The van der Waals surface area contributed by atoms with E-state index in [4.69, 9.17) is 4.74 Å². The van der Waals surface area contributed by atoms with Gasteiger partial charge in [0.1, 0.15) is 48.1 Å². The standard InChI is InChI=1S/C42H66N8O11/c1-21(2)16-28-40(58)50-19-27(51)18-29(50)41(59)47(10)20-32(53)49(12)35(24(7)23(5)6)38(56)44-25(8)39(57)48(11)30(17-22(3)4)42(60)61-26(9)33(36(54)45-28)46-37(55)34-31(52)14-13-15-43-34/h13-15,21-30,33,35,51-52H,16-20H2,1-12H3,(H,44,56)(H,45,54)(H,46,55)/t24?,25-,26+,27+,28+,29+,30-,33-,35-/m0/s1. The molecule has 1 aromatic rings. The molecule has 0 aliphatic carbocycles. The zero-order valence-corrected chi connectivity index (χ0v) is 37.5. The summed E-state index contributed by atoms with van der Waals surface area (Å²) in [7, 11) is 4.17. The zero-order valence-electron chi connectivity index (χ0n) is 37.5. The van der Waals surface area contributed by atoms with Gasteiger partial charge in [0.15, 0.2) is 5.69 Å². The molecule has 2 aliphatic heterocycles. The molecule has 2 saturated heterocycles. The van der Waals surface area contributed by atoms with E-state index in [1.165, 1.54) is 58.2 Å². The molecule has 340 valence electrons. The van der Waals surface area contributed by atoms with Gasteiger partial charge in [-0.05, 0) is 62.5 Å². The summed E-state index contributed by atoms with van der Waals surface area (Å²) in [5.41, 5.74) is -0.438. The van der Waals surface area contributed by atoms with Crippen molar-refractivity contribution in [1.82, 2.24) is 40.5 Å². The van der Waals surface area contributed by atoms with Gasteiger partial charge in [-0.1, -0.05) is 48.5 Å². The lowest BCUT2D eigenvalue weighted by Gasteiger charge is -2.37. The molecule has 2 fully saturated rings. The van der Waals surface area contributed by atoms with E-state index in [-0.39, 0.29) is 43.6 Å². The van der Waals surface area contributed by atoms with Crippen LogP contribution in [-0.2, 0) is 38.3 Å². The van der Waals surface area contributed by atoms with Crippen LogP contribution < -0.4 is 16.0 Å².